The maximum atomic E-state index is 12.3. The fraction of sp³-hybridized carbons (Fsp3) is 0.300. The van der Waals surface area contributed by atoms with E-state index in [9.17, 15) is 4.79 Å². The third-order valence-electron chi connectivity index (χ3n) is 4.66. The molecule has 1 atom stereocenters. The monoisotopic (exact) mass is 351 g/mol. The summed E-state index contributed by atoms with van der Waals surface area (Å²) < 4.78 is 0. The highest BCUT2D eigenvalue weighted by Gasteiger charge is 2.32. The van der Waals surface area contributed by atoms with Gasteiger partial charge < -0.3 is 9.80 Å². The van der Waals surface area contributed by atoms with Crippen molar-refractivity contribution in [1.29, 1.82) is 0 Å². The molecule has 1 amide bonds. The Balaban J connectivity index is 1.34. The Kier molecular flexibility index (Phi) is 4.74. The van der Waals surface area contributed by atoms with E-state index in [4.69, 9.17) is 0 Å². The number of carbonyl (C=O) groups is 1. The topological polar surface area (TPSA) is 35.9 Å². The lowest BCUT2D eigenvalue weighted by molar-refractivity contribution is -0.117. The van der Waals surface area contributed by atoms with Gasteiger partial charge in [0.2, 0.25) is 0 Å². The van der Waals surface area contributed by atoms with Crippen LogP contribution in [0.3, 0.4) is 0 Å². The Hall–Kier alpha value is -2.27. The molecule has 0 aliphatic carbocycles. The van der Waals surface area contributed by atoms with Gasteiger partial charge in [-0.1, -0.05) is 60.3 Å². The van der Waals surface area contributed by atoms with Crippen molar-refractivity contribution in [2.24, 2.45) is 4.99 Å². The molecule has 0 radical (unpaired) electrons. The molecule has 2 aliphatic rings. The highest BCUT2D eigenvalue weighted by atomic mass is 32.2. The minimum Gasteiger partial charge on any atom is -0.368 e. The van der Waals surface area contributed by atoms with Crippen LogP contribution in [0, 0.1) is 0 Å². The lowest BCUT2D eigenvalue weighted by atomic mass is 10.1. The second-order valence-electron chi connectivity index (χ2n) is 6.34. The number of anilines is 1. The third kappa shape index (κ3) is 3.71. The Labute approximate surface area is 152 Å². The van der Waals surface area contributed by atoms with Gasteiger partial charge in [0.05, 0.1) is 5.25 Å². The minimum atomic E-state index is -0.0791. The van der Waals surface area contributed by atoms with E-state index in [1.807, 2.05) is 24.3 Å². The van der Waals surface area contributed by atoms with Crippen LogP contribution in [0.1, 0.15) is 5.56 Å². The Morgan fingerprint density at radius 2 is 1.48 bits per heavy atom. The van der Waals surface area contributed by atoms with Gasteiger partial charge in [-0.2, -0.15) is 4.99 Å². The zero-order valence-electron chi connectivity index (χ0n) is 14.0. The van der Waals surface area contributed by atoms with Crippen LogP contribution >= 0.6 is 11.8 Å². The third-order valence-corrected chi connectivity index (χ3v) is 5.88. The number of hydrogen-bond acceptors (Lipinski definition) is 4. The van der Waals surface area contributed by atoms with Crippen LogP contribution < -0.4 is 4.90 Å². The molecule has 1 saturated heterocycles. The summed E-state index contributed by atoms with van der Waals surface area (Å²) in [7, 11) is 0. The lowest BCUT2D eigenvalue weighted by Gasteiger charge is -2.36. The molecule has 2 heterocycles. The van der Waals surface area contributed by atoms with Crippen molar-refractivity contribution < 1.29 is 4.79 Å². The van der Waals surface area contributed by atoms with E-state index < -0.39 is 0 Å². The van der Waals surface area contributed by atoms with E-state index in [-0.39, 0.29) is 11.2 Å². The predicted octanol–water partition coefficient (Wildman–Crippen LogP) is 3.05. The molecule has 25 heavy (non-hydrogen) atoms. The smallest absolute Gasteiger partial charge is 0.262 e. The average Bonchev–Trinajstić information content (AvgIpc) is 3.04. The largest absolute Gasteiger partial charge is 0.368 e. The fourth-order valence-electron chi connectivity index (χ4n) is 3.27. The number of aliphatic imine (C=N–C) groups is 1. The highest BCUT2D eigenvalue weighted by molar-refractivity contribution is 8.15. The van der Waals surface area contributed by atoms with Crippen LogP contribution in [0.15, 0.2) is 65.7 Å². The van der Waals surface area contributed by atoms with E-state index in [0.29, 0.717) is 0 Å². The molecule has 0 spiro atoms. The van der Waals surface area contributed by atoms with Crippen LogP contribution in [0.4, 0.5) is 5.69 Å². The zero-order chi connectivity index (χ0) is 17.1. The predicted molar refractivity (Wildman–Crippen MR) is 104 cm³/mol. The van der Waals surface area contributed by atoms with Crippen molar-refractivity contribution in [1.82, 2.24) is 4.90 Å². The number of piperazine rings is 1. The van der Waals surface area contributed by atoms with E-state index in [1.54, 1.807) is 11.8 Å². The number of thioether (sulfide) groups is 1. The van der Waals surface area contributed by atoms with Crippen LogP contribution in [0.25, 0.3) is 0 Å². The Morgan fingerprint density at radius 1 is 0.880 bits per heavy atom. The number of rotatable bonds is 3. The molecule has 2 aromatic carbocycles. The molecular formula is C20H21N3OS. The normalized spacial score (nSPS) is 20.7. The number of amidine groups is 1. The zero-order valence-corrected chi connectivity index (χ0v) is 14.9. The van der Waals surface area contributed by atoms with Gasteiger partial charge in [-0.3, -0.25) is 4.79 Å². The van der Waals surface area contributed by atoms with Gasteiger partial charge in [0.1, 0.15) is 0 Å². The van der Waals surface area contributed by atoms with Gasteiger partial charge in [0.15, 0.2) is 5.17 Å². The molecule has 0 aromatic heterocycles. The summed E-state index contributed by atoms with van der Waals surface area (Å²) in [6, 6.07) is 20.7. The summed E-state index contributed by atoms with van der Waals surface area (Å²) in [5.41, 5.74) is 2.46. The van der Waals surface area contributed by atoms with Gasteiger partial charge in [-0.15, -0.1) is 0 Å². The van der Waals surface area contributed by atoms with Crippen molar-refractivity contribution in [3.05, 3.63) is 66.2 Å². The molecule has 4 rings (SSSR count). The summed E-state index contributed by atoms with van der Waals surface area (Å²) >= 11 is 1.63. The Bertz CT molecular complexity index is 755. The van der Waals surface area contributed by atoms with Gasteiger partial charge in [-0.05, 0) is 24.1 Å². The summed E-state index contributed by atoms with van der Waals surface area (Å²) in [4.78, 5) is 21.3. The van der Waals surface area contributed by atoms with Gasteiger partial charge in [0.25, 0.3) is 5.91 Å². The van der Waals surface area contributed by atoms with Crippen molar-refractivity contribution in [2.45, 2.75) is 11.7 Å². The van der Waals surface area contributed by atoms with Gasteiger partial charge >= 0.3 is 0 Å². The standard InChI is InChI=1S/C20H21N3OS/c24-19-18(15-16-7-3-1-4-8-16)25-20(21-19)23-13-11-22(12-14-23)17-9-5-2-6-10-17/h1-10,18H,11-15H2/t18-/m1/s1. The van der Waals surface area contributed by atoms with Gasteiger partial charge in [0, 0.05) is 31.9 Å². The molecule has 1 fully saturated rings. The molecule has 2 aromatic rings. The minimum absolute atomic E-state index is 0.00865. The van der Waals surface area contributed by atoms with Crippen molar-refractivity contribution in [2.75, 3.05) is 31.1 Å². The molecule has 0 N–H and O–H groups in total. The number of nitrogens with zero attached hydrogens (tertiary/aromatic N) is 3. The molecule has 2 aliphatic heterocycles. The van der Waals surface area contributed by atoms with Crippen molar-refractivity contribution in [3.63, 3.8) is 0 Å². The maximum Gasteiger partial charge on any atom is 0.262 e. The van der Waals surface area contributed by atoms with Crippen LogP contribution in [0.2, 0.25) is 0 Å². The summed E-state index contributed by atoms with van der Waals surface area (Å²) in [6.07, 6.45) is 0.751. The molecule has 0 bridgehead atoms. The first-order valence-corrected chi connectivity index (χ1v) is 9.55. The van der Waals surface area contributed by atoms with Crippen LogP contribution in [-0.4, -0.2) is 47.4 Å². The maximum absolute atomic E-state index is 12.3. The molecule has 128 valence electrons. The fourth-order valence-corrected chi connectivity index (χ4v) is 4.43. The second kappa shape index (κ2) is 7.31. The van der Waals surface area contributed by atoms with Crippen molar-refractivity contribution in [3.8, 4) is 0 Å². The average molecular weight is 351 g/mol. The molecule has 0 saturated carbocycles. The quantitative estimate of drug-likeness (QED) is 0.852. The molecule has 4 nitrogen and oxygen atoms in total. The first-order chi connectivity index (χ1) is 12.3. The second-order valence-corrected chi connectivity index (χ2v) is 7.51. The number of amides is 1. The highest BCUT2D eigenvalue weighted by Crippen LogP contribution is 2.28. The van der Waals surface area contributed by atoms with Crippen molar-refractivity contribution >= 4 is 28.5 Å². The van der Waals surface area contributed by atoms with E-state index >= 15 is 0 Å². The first kappa shape index (κ1) is 16.2. The van der Waals surface area contributed by atoms with Gasteiger partial charge in [-0.25, -0.2) is 0 Å². The molecular weight excluding hydrogens is 330 g/mol. The number of para-hydroxylation sites is 1. The SMILES string of the molecule is O=C1N=C(N2CCN(c3ccccc3)CC2)S[C@@H]1Cc1ccccc1. The summed E-state index contributed by atoms with van der Waals surface area (Å²) in [5, 5.41) is 0.822. The number of carbonyl (C=O) groups excluding carboxylic acids is 1. The summed E-state index contributed by atoms with van der Waals surface area (Å²) in [5.74, 6) is 0.00865. The van der Waals surface area contributed by atoms with E-state index in [1.165, 1.54) is 11.3 Å². The number of benzene rings is 2. The Morgan fingerprint density at radius 3 is 2.16 bits per heavy atom. The van der Waals surface area contributed by atoms with E-state index in [0.717, 1.165) is 37.8 Å². The molecule has 5 heteroatoms. The first-order valence-electron chi connectivity index (χ1n) is 8.68. The summed E-state index contributed by atoms with van der Waals surface area (Å²) in [6.45, 7) is 3.74. The van der Waals surface area contributed by atoms with E-state index in [2.05, 4.69) is 51.2 Å². The number of hydrogen-bond donors (Lipinski definition) is 0. The lowest BCUT2D eigenvalue weighted by Crippen LogP contribution is -2.47. The van der Waals surface area contributed by atoms with Crippen LogP contribution in [0.5, 0.6) is 0 Å². The molecule has 0 unspecified atom stereocenters. The van der Waals surface area contributed by atoms with Crippen LogP contribution in [-0.2, 0) is 11.2 Å².